The second-order valence-electron chi connectivity index (χ2n) is 7.88. The van der Waals surface area contributed by atoms with E-state index in [0.29, 0.717) is 30.0 Å². The van der Waals surface area contributed by atoms with Crippen LogP contribution in [0, 0.1) is 0 Å². The number of nitrogens with zero attached hydrogens (tertiary/aromatic N) is 4. The number of fused-ring (bicyclic) bond motifs is 1. The molecule has 2 heterocycles. The van der Waals surface area contributed by atoms with Crippen LogP contribution < -0.4 is 0 Å². The quantitative estimate of drug-likeness (QED) is 0.323. The fourth-order valence-corrected chi connectivity index (χ4v) is 5.33. The topological polar surface area (TPSA) is 94.4 Å². The van der Waals surface area contributed by atoms with Gasteiger partial charge in [-0.25, -0.2) is 22.7 Å². The van der Waals surface area contributed by atoms with E-state index in [1.807, 2.05) is 47.2 Å². The summed E-state index contributed by atoms with van der Waals surface area (Å²) in [5.74, 6) is 0.383. The molecule has 0 bridgehead atoms. The Kier molecular flexibility index (Phi) is 7.11. The first-order chi connectivity index (χ1) is 16.3. The van der Waals surface area contributed by atoms with Crippen molar-refractivity contribution in [1.29, 1.82) is 0 Å². The van der Waals surface area contributed by atoms with Gasteiger partial charge in [-0.1, -0.05) is 30.3 Å². The average molecular weight is 499 g/mol. The molecule has 0 aliphatic rings. The van der Waals surface area contributed by atoms with Gasteiger partial charge in [0.25, 0.3) is 0 Å². The van der Waals surface area contributed by atoms with Crippen LogP contribution in [0.4, 0.5) is 0 Å². The maximum Gasteiger partial charge on any atom is 0.306 e. The molecule has 2 aromatic carbocycles. The SMILES string of the molecule is CCn1c(CCC(=O)OCc2csc(-c3ccccc3)n2)nc2cc(S(=O)(=O)N(C)C)ccc21. The highest BCUT2D eigenvalue weighted by Crippen LogP contribution is 2.24. The highest BCUT2D eigenvalue weighted by atomic mass is 32.2. The van der Waals surface area contributed by atoms with Gasteiger partial charge in [-0.05, 0) is 25.1 Å². The number of carbonyl (C=O) groups is 1. The third-order valence-corrected chi connectivity index (χ3v) is 8.15. The molecule has 34 heavy (non-hydrogen) atoms. The van der Waals surface area contributed by atoms with E-state index >= 15 is 0 Å². The van der Waals surface area contributed by atoms with E-state index in [1.54, 1.807) is 18.2 Å². The maximum absolute atomic E-state index is 12.4. The Balaban J connectivity index is 1.41. The van der Waals surface area contributed by atoms with Gasteiger partial charge < -0.3 is 9.30 Å². The molecule has 0 aliphatic carbocycles. The summed E-state index contributed by atoms with van der Waals surface area (Å²) >= 11 is 1.51. The Labute approximate surface area is 202 Å². The van der Waals surface area contributed by atoms with Crippen LogP contribution in [0.1, 0.15) is 24.9 Å². The van der Waals surface area contributed by atoms with Gasteiger partial charge in [0.05, 0.1) is 28.0 Å². The summed E-state index contributed by atoms with van der Waals surface area (Å²) < 4.78 is 33.5. The number of carbonyl (C=O) groups excluding carboxylic acids is 1. The van der Waals surface area contributed by atoms with Crippen molar-refractivity contribution in [1.82, 2.24) is 18.8 Å². The molecule has 2 aromatic heterocycles. The van der Waals surface area contributed by atoms with E-state index in [9.17, 15) is 13.2 Å². The zero-order valence-corrected chi connectivity index (χ0v) is 20.9. The van der Waals surface area contributed by atoms with Crippen molar-refractivity contribution in [2.24, 2.45) is 0 Å². The largest absolute Gasteiger partial charge is 0.459 e. The summed E-state index contributed by atoms with van der Waals surface area (Å²) in [6.07, 6.45) is 0.561. The zero-order chi connectivity index (χ0) is 24.3. The first kappa shape index (κ1) is 24.1. The number of ether oxygens (including phenoxy) is 1. The van der Waals surface area contributed by atoms with E-state index in [1.165, 1.54) is 29.7 Å². The predicted octanol–water partition coefficient (Wildman–Crippen LogP) is 4.11. The molecule has 0 N–H and O–H groups in total. The molecule has 0 saturated heterocycles. The first-order valence-electron chi connectivity index (χ1n) is 10.9. The minimum atomic E-state index is -3.55. The molecule has 0 aliphatic heterocycles. The van der Waals surface area contributed by atoms with Crippen LogP contribution in [0.5, 0.6) is 0 Å². The number of thiazole rings is 1. The zero-order valence-electron chi connectivity index (χ0n) is 19.3. The maximum atomic E-state index is 12.4. The molecule has 0 fully saturated rings. The van der Waals surface area contributed by atoms with Gasteiger partial charge in [0.1, 0.15) is 17.4 Å². The lowest BCUT2D eigenvalue weighted by atomic mass is 10.2. The Hall–Kier alpha value is -3.08. The van der Waals surface area contributed by atoms with E-state index in [4.69, 9.17) is 4.74 Å². The van der Waals surface area contributed by atoms with Gasteiger partial charge in [0.15, 0.2) is 0 Å². The fourth-order valence-electron chi connectivity index (χ4n) is 3.60. The standard InChI is InChI=1S/C24H26N4O4S2/c1-4-28-21-11-10-19(34(30,31)27(2)3)14-20(21)26-22(28)12-13-23(29)32-15-18-16-33-24(25-18)17-8-6-5-7-9-17/h5-11,14,16H,4,12-13,15H2,1-3H3. The van der Waals surface area contributed by atoms with Gasteiger partial charge in [0, 0.05) is 38.0 Å². The van der Waals surface area contributed by atoms with Gasteiger partial charge >= 0.3 is 5.97 Å². The molecule has 0 spiro atoms. The van der Waals surface area contributed by atoms with E-state index in [-0.39, 0.29) is 23.9 Å². The number of benzene rings is 2. The lowest BCUT2D eigenvalue weighted by molar-refractivity contribution is -0.145. The molecular formula is C24H26N4O4S2. The van der Waals surface area contributed by atoms with Crippen molar-refractivity contribution in [3.05, 3.63) is 65.4 Å². The van der Waals surface area contributed by atoms with E-state index in [2.05, 4.69) is 9.97 Å². The number of sulfonamides is 1. The molecule has 0 amide bonds. The highest BCUT2D eigenvalue weighted by Gasteiger charge is 2.20. The Morgan fingerprint density at radius 1 is 1.12 bits per heavy atom. The normalized spacial score (nSPS) is 11.9. The minimum absolute atomic E-state index is 0.123. The van der Waals surface area contributed by atoms with Crippen LogP contribution in [0.2, 0.25) is 0 Å². The number of rotatable bonds is 9. The summed E-state index contributed by atoms with van der Waals surface area (Å²) in [5.41, 5.74) is 3.17. The number of hydrogen-bond acceptors (Lipinski definition) is 7. The van der Waals surface area contributed by atoms with Crippen molar-refractivity contribution in [3.8, 4) is 10.6 Å². The van der Waals surface area contributed by atoms with Gasteiger partial charge in [-0.3, -0.25) is 4.79 Å². The second-order valence-corrected chi connectivity index (χ2v) is 10.9. The van der Waals surface area contributed by atoms with Gasteiger partial charge in [-0.2, -0.15) is 0 Å². The fraction of sp³-hybridized carbons (Fsp3) is 0.292. The number of imidazole rings is 1. The molecule has 8 nitrogen and oxygen atoms in total. The Morgan fingerprint density at radius 3 is 2.59 bits per heavy atom. The number of esters is 1. The van der Waals surface area contributed by atoms with Crippen LogP contribution in [0.25, 0.3) is 21.6 Å². The third kappa shape index (κ3) is 5.03. The second kappa shape index (κ2) is 10.0. The monoisotopic (exact) mass is 498 g/mol. The van der Waals surface area contributed by atoms with Gasteiger partial charge in [0.2, 0.25) is 10.0 Å². The van der Waals surface area contributed by atoms with Crippen molar-refractivity contribution in [3.63, 3.8) is 0 Å². The third-order valence-electron chi connectivity index (χ3n) is 5.40. The van der Waals surface area contributed by atoms with E-state index in [0.717, 1.165) is 16.1 Å². The molecule has 0 unspecified atom stereocenters. The van der Waals surface area contributed by atoms with Crippen LogP contribution in [0.15, 0.2) is 58.8 Å². The smallest absolute Gasteiger partial charge is 0.306 e. The molecule has 4 rings (SSSR count). The minimum Gasteiger partial charge on any atom is -0.459 e. The summed E-state index contributed by atoms with van der Waals surface area (Å²) in [6.45, 7) is 2.76. The number of aromatic nitrogens is 3. The highest BCUT2D eigenvalue weighted by molar-refractivity contribution is 7.89. The number of hydrogen-bond donors (Lipinski definition) is 0. The lowest BCUT2D eigenvalue weighted by Gasteiger charge is -2.11. The molecule has 4 aromatic rings. The van der Waals surface area contributed by atoms with Crippen molar-refractivity contribution < 1.29 is 17.9 Å². The molecule has 10 heteroatoms. The predicted molar refractivity (Wildman–Crippen MR) is 132 cm³/mol. The van der Waals surface area contributed by atoms with Crippen LogP contribution >= 0.6 is 11.3 Å². The van der Waals surface area contributed by atoms with Crippen molar-refractivity contribution >= 4 is 38.4 Å². The summed E-state index contributed by atoms with van der Waals surface area (Å²) in [7, 11) is -0.559. The average Bonchev–Trinajstić information content (AvgIpc) is 3.45. The number of aryl methyl sites for hydroxylation is 2. The molecule has 0 saturated carbocycles. The van der Waals surface area contributed by atoms with Crippen molar-refractivity contribution in [2.45, 2.75) is 37.8 Å². The summed E-state index contributed by atoms with van der Waals surface area (Å²) in [4.78, 5) is 21.7. The summed E-state index contributed by atoms with van der Waals surface area (Å²) in [5, 5.41) is 2.78. The molecular weight excluding hydrogens is 472 g/mol. The van der Waals surface area contributed by atoms with Crippen LogP contribution in [-0.2, 0) is 39.1 Å². The first-order valence-corrected chi connectivity index (χ1v) is 13.2. The van der Waals surface area contributed by atoms with Crippen molar-refractivity contribution in [2.75, 3.05) is 14.1 Å². The van der Waals surface area contributed by atoms with Crippen LogP contribution in [0.3, 0.4) is 0 Å². The molecule has 178 valence electrons. The van der Waals surface area contributed by atoms with Gasteiger partial charge in [-0.15, -0.1) is 11.3 Å². The lowest BCUT2D eigenvalue weighted by Crippen LogP contribution is -2.22. The molecule has 0 radical (unpaired) electrons. The van der Waals surface area contributed by atoms with Crippen LogP contribution in [-0.4, -0.2) is 47.3 Å². The Morgan fingerprint density at radius 2 is 1.88 bits per heavy atom. The van der Waals surface area contributed by atoms with E-state index < -0.39 is 10.0 Å². The Bertz CT molecular complexity index is 1410. The summed E-state index contributed by atoms with van der Waals surface area (Å²) in [6, 6.07) is 14.8. The molecule has 0 atom stereocenters.